The van der Waals surface area contributed by atoms with Crippen molar-refractivity contribution in [2.45, 2.75) is 24.8 Å². The molecule has 0 bridgehead atoms. The van der Waals surface area contributed by atoms with Crippen LogP contribution in [0.25, 0.3) is 0 Å². The summed E-state index contributed by atoms with van der Waals surface area (Å²) in [4.78, 5) is 0. The minimum Gasteiger partial charge on any atom is -0.390 e. The molecule has 0 spiro atoms. The van der Waals surface area contributed by atoms with E-state index in [1.807, 2.05) is 0 Å². The van der Waals surface area contributed by atoms with Crippen LogP contribution in [0.5, 0.6) is 0 Å². The quantitative estimate of drug-likeness (QED) is 0.660. The second-order valence-electron chi connectivity index (χ2n) is 3.72. The van der Waals surface area contributed by atoms with Crippen LogP contribution < -0.4 is 0 Å². The molecule has 0 aliphatic rings. The molecule has 0 heterocycles. The Morgan fingerprint density at radius 2 is 1.83 bits per heavy atom. The van der Waals surface area contributed by atoms with Crippen LogP contribution >= 0.6 is 11.6 Å². The van der Waals surface area contributed by atoms with Gasteiger partial charge in [-0.15, -0.1) is 11.6 Å². The lowest BCUT2D eigenvalue weighted by Crippen LogP contribution is -2.22. The maximum Gasteiger partial charge on any atom is 0.416 e. The molecule has 7 heteroatoms. The zero-order valence-corrected chi connectivity index (χ0v) is 9.84. The zero-order valence-electron chi connectivity index (χ0n) is 9.09. The van der Waals surface area contributed by atoms with Crippen molar-refractivity contribution in [3.8, 4) is 0 Å². The molecule has 2 unspecified atom stereocenters. The molecule has 0 aliphatic carbocycles. The normalized spacial score (nSPS) is 15.5. The highest BCUT2D eigenvalue weighted by Gasteiger charge is 2.36. The number of hydrogen-bond acceptors (Lipinski definition) is 2. The van der Waals surface area contributed by atoms with E-state index in [2.05, 4.69) is 0 Å². The van der Waals surface area contributed by atoms with Crippen molar-refractivity contribution in [3.63, 3.8) is 0 Å². The zero-order chi connectivity index (χ0) is 13.9. The van der Waals surface area contributed by atoms with Crippen LogP contribution in [0.3, 0.4) is 0 Å². The summed E-state index contributed by atoms with van der Waals surface area (Å²) in [5.41, 5.74) is -1.87. The van der Waals surface area contributed by atoms with Gasteiger partial charge in [0.2, 0.25) is 0 Å². The predicted molar refractivity (Wildman–Crippen MR) is 57.7 cm³/mol. The minimum absolute atomic E-state index is 0.0328. The molecule has 0 radical (unpaired) electrons. The molecular formula is C11H11ClF4O2. The van der Waals surface area contributed by atoms with Gasteiger partial charge in [-0.05, 0) is 30.2 Å². The third-order valence-electron chi connectivity index (χ3n) is 2.41. The van der Waals surface area contributed by atoms with Gasteiger partial charge in [0.15, 0.2) is 0 Å². The molecule has 102 valence electrons. The molecule has 2 nitrogen and oxygen atoms in total. The molecule has 0 amide bonds. The maximum atomic E-state index is 13.0. The number of benzene rings is 1. The molecule has 1 rings (SSSR count). The first-order chi connectivity index (χ1) is 8.27. The third kappa shape index (κ3) is 3.57. The summed E-state index contributed by atoms with van der Waals surface area (Å²) >= 11 is 5.32. The van der Waals surface area contributed by atoms with Gasteiger partial charge in [-0.2, -0.15) is 13.2 Å². The van der Waals surface area contributed by atoms with Gasteiger partial charge in [0.25, 0.3) is 0 Å². The van der Waals surface area contributed by atoms with Gasteiger partial charge < -0.3 is 10.2 Å². The predicted octanol–water partition coefficient (Wildman–Crippen LogP) is 2.87. The summed E-state index contributed by atoms with van der Waals surface area (Å²) in [6, 6.07) is 1.74. The Balaban J connectivity index is 3.17. The van der Waals surface area contributed by atoms with Crippen LogP contribution in [0.15, 0.2) is 18.2 Å². The topological polar surface area (TPSA) is 40.5 Å². The number of rotatable bonds is 4. The van der Waals surface area contributed by atoms with Crippen LogP contribution in [-0.4, -0.2) is 22.2 Å². The summed E-state index contributed by atoms with van der Waals surface area (Å²) in [6.45, 7) is 0. The van der Waals surface area contributed by atoms with Crippen LogP contribution in [0.4, 0.5) is 17.6 Å². The Labute approximate surface area is 106 Å². The van der Waals surface area contributed by atoms with Crippen molar-refractivity contribution in [2.75, 3.05) is 5.88 Å². The van der Waals surface area contributed by atoms with E-state index in [4.69, 9.17) is 11.6 Å². The van der Waals surface area contributed by atoms with Gasteiger partial charge in [-0.25, -0.2) is 4.39 Å². The minimum atomic E-state index is -4.73. The Kier molecular flexibility index (Phi) is 4.95. The number of aliphatic hydroxyl groups excluding tert-OH is 2. The van der Waals surface area contributed by atoms with Crippen LogP contribution in [0, 0.1) is 5.82 Å². The second kappa shape index (κ2) is 5.86. The van der Waals surface area contributed by atoms with Gasteiger partial charge in [-0.1, -0.05) is 0 Å². The van der Waals surface area contributed by atoms with E-state index in [9.17, 15) is 27.8 Å². The number of aliphatic hydroxyl groups is 2. The van der Waals surface area contributed by atoms with Crippen molar-refractivity contribution in [1.29, 1.82) is 0 Å². The van der Waals surface area contributed by atoms with E-state index < -0.39 is 35.3 Å². The second-order valence-corrected chi connectivity index (χ2v) is 4.10. The van der Waals surface area contributed by atoms with Gasteiger partial charge >= 0.3 is 6.18 Å². The summed E-state index contributed by atoms with van der Waals surface area (Å²) in [6.07, 6.45) is -8.15. The molecule has 2 atom stereocenters. The third-order valence-corrected chi connectivity index (χ3v) is 2.63. The van der Waals surface area contributed by atoms with Crippen molar-refractivity contribution in [2.24, 2.45) is 0 Å². The molecule has 0 fully saturated rings. The smallest absolute Gasteiger partial charge is 0.390 e. The Morgan fingerprint density at radius 1 is 1.22 bits per heavy atom. The fourth-order valence-electron chi connectivity index (χ4n) is 1.51. The first-order valence-corrected chi connectivity index (χ1v) is 5.59. The van der Waals surface area contributed by atoms with Crippen LogP contribution in [0.2, 0.25) is 0 Å². The van der Waals surface area contributed by atoms with E-state index in [-0.39, 0.29) is 12.3 Å². The SMILES string of the molecule is OC(CCCl)C(O)c1cc(F)ccc1C(F)(F)F. The highest BCUT2D eigenvalue weighted by Crippen LogP contribution is 2.36. The van der Waals surface area contributed by atoms with Crippen molar-refractivity contribution in [3.05, 3.63) is 35.1 Å². The van der Waals surface area contributed by atoms with Crippen molar-refractivity contribution < 1.29 is 27.8 Å². The molecule has 2 N–H and O–H groups in total. The van der Waals surface area contributed by atoms with Crippen LogP contribution in [0.1, 0.15) is 23.7 Å². The van der Waals surface area contributed by atoms with E-state index in [0.29, 0.717) is 18.2 Å². The lowest BCUT2D eigenvalue weighted by molar-refractivity contribution is -0.140. The van der Waals surface area contributed by atoms with Crippen LogP contribution in [-0.2, 0) is 6.18 Å². The average Bonchev–Trinajstić information content (AvgIpc) is 2.26. The molecule has 1 aromatic carbocycles. The highest BCUT2D eigenvalue weighted by molar-refractivity contribution is 6.17. The molecule has 0 saturated heterocycles. The molecule has 1 aromatic rings. The largest absolute Gasteiger partial charge is 0.416 e. The summed E-state index contributed by atoms with van der Waals surface area (Å²) in [5, 5.41) is 19.0. The molecule has 18 heavy (non-hydrogen) atoms. The first-order valence-electron chi connectivity index (χ1n) is 5.06. The summed E-state index contributed by atoms with van der Waals surface area (Å²) in [5.74, 6) is -0.954. The monoisotopic (exact) mass is 286 g/mol. The standard InChI is InChI=1S/C11H11ClF4O2/c12-4-3-9(17)10(18)7-5-6(13)1-2-8(7)11(14,15)16/h1-2,5,9-10,17-18H,3-4H2. The summed E-state index contributed by atoms with van der Waals surface area (Å²) < 4.78 is 50.9. The number of alkyl halides is 4. The van der Waals surface area contributed by atoms with Gasteiger partial charge in [0, 0.05) is 5.88 Å². The fraction of sp³-hybridized carbons (Fsp3) is 0.455. The van der Waals surface area contributed by atoms with E-state index in [0.717, 1.165) is 0 Å². The Morgan fingerprint density at radius 3 is 2.33 bits per heavy atom. The molecular weight excluding hydrogens is 276 g/mol. The van der Waals surface area contributed by atoms with Crippen molar-refractivity contribution in [1.82, 2.24) is 0 Å². The maximum absolute atomic E-state index is 13.0. The van der Waals surface area contributed by atoms with Crippen molar-refractivity contribution >= 4 is 11.6 Å². The highest BCUT2D eigenvalue weighted by atomic mass is 35.5. The first kappa shape index (κ1) is 15.2. The molecule has 0 aromatic heterocycles. The number of halogens is 5. The molecule has 0 saturated carbocycles. The number of hydrogen-bond donors (Lipinski definition) is 2. The van der Waals surface area contributed by atoms with E-state index in [1.54, 1.807) is 0 Å². The fourth-order valence-corrected chi connectivity index (χ4v) is 1.74. The average molecular weight is 287 g/mol. The Bertz CT molecular complexity index is 409. The van der Waals surface area contributed by atoms with E-state index in [1.165, 1.54) is 0 Å². The van der Waals surface area contributed by atoms with E-state index >= 15 is 0 Å². The van der Waals surface area contributed by atoms with Gasteiger partial charge in [0.1, 0.15) is 11.9 Å². The van der Waals surface area contributed by atoms with Gasteiger partial charge in [-0.3, -0.25) is 0 Å². The molecule has 0 aliphatic heterocycles. The lowest BCUT2D eigenvalue weighted by atomic mass is 9.97. The summed E-state index contributed by atoms with van der Waals surface area (Å²) in [7, 11) is 0. The Hall–Kier alpha value is -0.850. The lowest BCUT2D eigenvalue weighted by Gasteiger charge is -2.21. The van der Waals surface area contributed by atoms with Gasteiger partial charge in [0.05, 0.1) is 11.7 Å².